The van der Waals surface area contributed by atoms with E-state index in [9.17, 15) is 0 Å². The molecule has 0 aliphatic carbocycles. The van der Waals surface area contributed by atoms with Gasteiger partial charge in [-0.15, -0.1) is 0 Å². The van der Waals surface area contributed by atoms with Gasteiger partial charge in [0.05, 0.1) is 39.9 Å². The lowest BCUT2D eigenvalue weighted by atomic mass is 10.1. The summed E-state index contributed by atoms with van der Waals surface area (Å²) in [5, 5.41) is 0.658. The van der Waals surface area contributed by atoms with Crippen LogP contribution in [0.4, 0.5) is 0 Å². The second-order valence-corrected chi connectivity index (χ2v) is 9.18. The number of aromatic nitrogens is 2. The monoisotopic (exact) mass is 520 g/mol. The zero-order valence-electron chi connectivity index (χ0n) is 19.8. The van der Waals surface area contributed by atoms with Gasteiger partial charge in [0.25, 0.3) is 0 Å². The summed E-state index contributed by atoms with van der Waals surface area (Å²) in [5.74, 6) is 1.46. The van der Waals surface area contributed by atoms with E-state index in [-0.39, 0.29) is 12.4 Å². The molecule has 0 N–H and O–H groups in total. The van der Waals surface area contributed by atoms with Crippen molar-refractivity contribution in [3.63, 3.8) is 0 Å². The fourth-order valence-electron chi connectivity index (χ4n) is 4.03. The molecule has 1 aliphatic heterocycles. The van der Waals surface area contributed by atoms with Crippen molar-refractivity contribution in [2.75, 3.05) is 20.8 Å². The van der Waals surface area contributed by atoms with Crippen LogP contribution in [-0.4, -0.2) is 42.8 Å². The smallest absolute Gasteiger partial charge is 0.158 e. The van der Waals surface area contributed by atoms with E-state index in [4.69, 9.17) is 46.9 Å². The van der Waals surface area contributed by atoms with Gasteiger partial charge in [-0.3, -0.25) is 0 Å². The highest BCUT2D eigenvalue weighted by Crippen LogP contribution is 2.35. The number of alkyl halides is 1. The zero-order chi connectivity index (χ0) is 24.6. The standard InChI is InChI=1S/C26H30Cl2N2O5/c1-31-21-11-8-19(23(14-21)32-2)15-33-24-5-3-4-22(35-24)16-34-25(18-6-9-20(27)10-7-18)26(28)30-13-12-29-17-30/h6-14,17,22,24-26H,3-5,15-16H2,1-2H3. The Morgan fingerprint density at radius 2 is 1.94 bits per heavy atom. The summed E-state index contributed by atoms with van der Waals surface area (Å²) in [7, 11) is 3.26. The van der Waals surface area contributed by atoms with E-state index in [1.165, 1.54) is 0 Å². The Bertz CT molecular complexity index is 1050. The minimum atomic E-state index is -0.475. The van der Waals surface area contributed by atoms with E-state index in [0.717, 1.165) is 41.9 Å². The second-order valence-electron chi connectivity index (χ2n) is 8.30. The summed E-state index contributed by atoms with van der Waals surface area (Å²) < 4.78 is 31.2. The molecule has 0 amide bonds. The third-order valence-electron chi connectivity index (χ3n) is 5.95. The average Bonchev–Trinajstić information content (AvgIpc) is 3.44. The molecular weight excluding hydrogens is 491 g/mol. The van der Waals surface area contributed by atoms with Crippen molar-refractivity contribution in [2.24, 2.45) is 0 Å². The van der Waals surface area contributed by atoms with Crippen molar-refractivity contribution in [3.8, 4) is 11.5 Å². The minimum absolute atomic E-state index is 0.104. The third kappa shape index (κ3) is 6.90. The van der Waals surface area contributed by atoms with Gasteiger partial charge < -0.3 is 28.3 Å². The minimum Gasteiger partial charge on any atom is -0.497 e. The highest BCUT2D eigenvalue weighted by molar-refractivity contribution is 6.30. The Morgan fingerprint density at radius 3 is 2.66 bits per heavy atom. The Labute approximate surface area is 215 Å². The summed E-state index contributed by atoms with van der Waals surface area (Å²) in [6.07, 6.45) is 7.05. The number of ether oxygens (including phenoxy) is 5. The SMILES string of the molecule is COc1ccc(COC2CCCC(COC(c3ccc(Cl)cc3)C(Cl)n3ccnc3)O2)c(OC)c1. The van der Waals surface area contributed by atoms with Crippen LogP contribution >= 0.6 is 23.2 Å². The second kappa shape index (κ2) is 12.6. The van der Waals surface area contributed by atoms with Gasteiger partial charge in [0.1, 0.15) is 23.1 Å². The maximum Gasteiger partial charge on any atom is 0.158 e. The van der Waals surface area contributed by atoms with Crippen LogP contribution in [0.2, 0.25) is 5.02 Å². The molecule has 1 aromatic heterocycles. The predicted octanol–water partition coefficient (Wildman–Crippen LogP) is 6.16. The van der Waals surface area contributed by atoms with E-state index >= 15 is 0 Å². The molecule has 188 valence electrons. The average molecular weight is 521 g/mol. The lowest BCUT2D eigenvalue weighted by molar-refractivity contribution is -0.213. The van der Waals surface area contributed by atoms with Crippen molar-refractivity contribution in [2.45, 2.75) is 49.9 Å². The number of hydrogen-bond donors (Lipinski definition) is 0. The molecule has 3 aromatic rings. The van der Waals surface area contributed by atoms with E-state index < -0.39 is 11.6 Å². The van der Waals surface area contributed by atoms with Crippen LogP contribution in [0.25, 0.3) is 0 Å². The normalized spacial score (nSPS) is 19.8. The zero-order valence-corrected chi connectivity index (χ0v) is 21.3. The summed E-state index contributed by atoms with van der Waals surface area (Å²) in [4.78, 5) is 4.11. The Balaban J connectivity index is 1.36. The topological polar surface area (TPSA) is 64.0 Å². The molecule has 4 rings (SSSR count). The highest BCUT2D eigenvalue weighted by Gasteiger charge is 2.28. The first-order valence-electron chi connectivity index (χ1n) is 11.5. The number of imidazole rings is 1. The first-order valence-corrected chi connectivity index (χ1v) is 12.4. The molecule has 35 heavy (non-hydrogen) atoms. The molecule has 0 bridgehead atoms. The van der Waals surface area contributed by atoms with E-state index in [0.29, 0.717) is 18.2 Å². The molecule has 2 heterocycles. The van der Waals surface area contributed by atoms with Crippen LogP contribution in [0.1, 0.15) is 42.0 Å². The maximum absolute atomic E-state index is 6.78. The number of rotatable bonds is 11. The predicted molar refractivity (Wildman–Crippen MR) is 134 cm³/mol. The summed E-state index contributed by atoms with van der Waals surface area (Å²) in [6.45, 7) is 0.764. The van der Waals surface area contributed by atoms with Crippen LogP contribution < -0.4 is 9.47 Å². The first-order chi connectivity index (χ1) is 17.1. The quantitative estimate of drug-likeness (QED) is 0.282. The van der Waals surface area contributed by atoms with Crippen LogP contribution in [-0.2, 0) is 20.8 Å². The molecule has 0 spiro atoms. The van der Waals surface area contributed by atoms with Gasteiger partial charge in [-0.2, -0.15) is 0 Å². The van der Waals surface area contributed by atoms with Crippen LogP contribution in [0, 0.1) is 0 Å². The Hall–Kier alpha value is -2.29. The van der Waals surface area contributed by atoms with E-state index in [2.05, 4.69) is 4.98 Å². The van der Waals surface area contributed by atoms with Gasteiger partial charge in [0, 0.05) is 29.0 Å². The van der Waals surface area contributed by atoms with Crippen molar-refractivity contribution < 1.29 is 23.7 Å². The van der Waals surface area contributed by atoms with Crippen molar-refractivity contribution in [1.29, 1.82) is 0 Å². The molecule has 1 fully saturated rings. The molecule has 4 atom stereocenters. The third-order valence-corrected chi connectivity index (χ3v) is 6.66. The lowest BCUT2D eigenvalue weighted by Gasteiger charge is -2.32. The molecule has 1 saturated heterocycles. The van der Waals surface area contributed by atoms with E-state index in [1.807, 2.05) is 53.2 Å². The lowest BCUT2D eigenvalue weighted by Crippen LogP contribution is -2.33. The summed E-state index contributed by atoms with van der Waals surface area (Å²) >= 11 is 12.9. The van der Waals surface area contributed by atoms with Gasteiger partial charge in [0.2, 0.25) is 0 Å². The molecule has 0 radical (unpaired) electrons. The van der Waals surface area contributed by atoms with Crippen molar-refractivity contribution >= 4 is 23.2 Å². The maximum atomic E-state index is 6.78. The van der Waals surface area contributed by atoms with Gasteiger partial charge in [-0.05, 0) is 49.1 Å². The molecule has 4 unspecified atom stereocenters. The Morgan fingerprint density at radius 1 is 1.11 bits per heavy atom. The fourth-order valence-corrected chi connectivity index (χ4v) is 4.49. The number of methoxy groups -OCH3 is 2. The fraction of sp³-hybridized carbons (Fsp3) is 0.423. The number of nitrogens with zero attached hydrogens (tertiary/aromatic N) is 2. The molecule has 7 nitrogen and oxygen atoms in total. The van der Waals surface area contributed by atoms with Crippen LogP contribution in [0.5, 0.6) is 11.5 Å². The van der Waals surface area contributed by atoms with Gasteiger partial charge >= 0.3 is 0 Å². The molecule has 2 aromatic carbocycles. The van der Waals surface area contributed by atoms with Crippen LogP contribution in [0.15, 0.2) is 61.2 Å². The van der Waals surface area contributed by atoms with Crippen LogP contribution in [0.3, 0.4) is 0 Å². The molecule has 1 aliphatic rings. The Kier molecular flexibility index (Phi) is 9.29. The van der Waals surface area contributed by atoms with Gasteiger partial charge in [-0.1, -0.05) is 35.3 Å². The van der Waals surface area contributed by atoms with E-state index in [1.54, 1.807) is 26.7 Å². The molecule has 0 saturated carbocycles. The highest BCUT2D eigenvalue weighted by atomic mass is 35.5. The summed E-state index contributed by atoms with van der Waals surface area (Å²) in [5.41, 5.74) is 1.39. The molecular formula is C26H30Cl2N2O5. The largest absolute Gasteiger partial charge is 0.497 e. The molecule has 9 heteroatoms. The number of hydrogen-bond acceptors (Lipinski definition) is 6. The van der Waals surface area contributed by atoms with Gasteiger partial charge in [-0.25, -0.2) is 4.98 Å². The van der Waals surface area contributed by atoms with Gasteiger partial charge in [0.15, 0.2) is 6.29 Å². The first kappa shape index (κ1) is 25.8. The van der Waals surface area contributed by atoms with Crippen molar-refractivity contribution in [1.82, 2.24) is 9.55 Å². The number of benzene rings is 2. The summed E-state index contributed by atoms with van der Waals surface area (Å²) in [6, 6.07) is 13.2. The number of halogens is 2. The van der Waals surface area contributed by atoms with Crippen molar-refractivity contribution in [3.05, 3.63) is 77.3 Å².